The minimum atomic E-state index is -0.941. The van der Waals surface area contributed by atoms with Crippen LogP contribution in [-0.2, 0) is 4.79 Å². The molecule has 0 fully saturated rings. The van der Waals surface area contributed by atoms with Crippen LogP contribution >= 0.6 is 23.1 Å². The van der Waals surface area contributed by atoms with E-state index in [1.165, 1.54) is 59.2 Å². The first kappa shape index (κ1) is 30.6. The third-order valence-corrected chi connectivity index (χ3v) is 8.99. The van der Waals surface area contributed by atoms with Gasteiger partial charge in [-0.3, -0.25) is 29.1 Å². The lowest BCUT2D eigenvalue weighted by Gasteiger charge is -2.25. The topological polar surface area (TPSA) is 152 Å². The summed E-state index contributed by atoms with van der Waals surface area (Å²) in [5.41, 5.74) is 1.39. The number of hydrogen-bond acceptors (Lipinski definition) is 9. The van der Waals surface area contributed by atoms with Crippen LogP contribution in [0.4, 0.5) is 15.8 Å². The first-order valence-electron chi connectivity index (χ1n) is 13.8. The number of H-pyrrole nitrogens is 1. The summed E-state index contributed by atoms with van der Waals surface area (Å²) in [6, 6.07) is 18.9. The maximum atomic E-state index is 14.1. The largest absolute Gasteiger partial charge is 0.322 e. The highest BCUT2D eigenvalue weighted by Gasteiger charge is 2.32. The molecule has 0 spiro atoms. The monoisotopic (exact) mass is 654 g/mol. The first-order valence-corrected chi connectivity index (χ1v) is 15.4. The molecular formula is C32H23FN6O5S2. The molecule has 0 bridgehead atoms. The van der Waals surface area contributed by atoms with Crippen molar-refractivity contribution in [3.8, 4) is 0 Å². The number of halogens is 1. The van der Waals surface area contributed by atoms with E-state index in [0.29, 0.717) is 37.9 Å². The predicted molar refractivity (Wildman–Crippen MR) is 172 cm³/mol. The molecule has 5 aromatic rings. The van der Waals surface area contributed by atoms with Crippen molar-refractivity contribution in [1.82, 2.24) is 14.5 Å². The molecule has 0 radical (unpaired) electrons. The number of nitro benzene ring substituents is 1. The number of amides is 1. The van der Waals surface area contributed by atoms with E-state index >= 15 is 0 Å². The summed E-state index contributed by atoms with van der Waals surface area (Å²) in [5.74, 6) is -0.958. The lowest BCUT2D eigenvalue weighted by molar-refractivity contribution is -0.384. The van der Waals surface area contributed by atoms with Crippen LogP contribution in [-0.4, -0.2) is 25.4 Å². The van der Waals surface area contributed by atoms with Crippen LogP contribution in [0.25, 0.3) is 6.08 Å². The normalized spacial score (nSPS) is 14.5. The van der Waals surface area contributed by atoms with Crippen LogP contribution in [0, 0.1) is 22.9 Å². The molecule has 1 aliphatic heterocycles. The Hall–Kier alpha value is -5.47. The van der Waals surface area contributed by atoms with Gasteiger partial charge in [-0.05, 0) is 61.4 Å². The molecule has 3 heterocycles. The summed E-state index contributed by atoms with van der Waals surface area (Å²) in [6.45, 7) is 3.34. The van der Waals surface area contributed by atoms with Crippen LogP contribution in [0.3, 0.4) is 0 Å². The fourth-order valence-electron chi connectivity index (χ4n) is 4.99. The summed E-state index contributed by atoms with van der Waals surface area (Å²) < 4.78 is 15.5. The Morgan fingerprint density at radius 1 is 1.09 bits per heavy atom. The lowest BCUT2D eigenvalue weighted by Crippen LogP contribution is -2.40. The molecule has 2 N–H and O–H groups in total. The molecule has 1 amide bonds. The molecule has 3 aromatic carbocycles. The Bertz CT molecular complexity index is 2300. The SMILES string of the molecule is CC1=C(C(=O)Nc2ccccc2)[C@H](c2ccc(F)cc2)n2c(s/c(=C/c3cc([N+](=O)[O-])ccc3Sc3nc(C)cc(=O)[nH]3)c2=O)=N1. The molecule has 46 heavy (non-hydrogen) atoms. The van der Waals surface area contributed by atoms with Crippen molar-refractivity contribution in [2.24, 2.45) is 4.99 Å². The van der Waals surface area contributed by atoms with Crippen LogP contribution in [0.5, 0.6) is 0 Å². The number of nitro groups is 1. The third-order valence-electron chi connectivity index (χ3n) is 7.03. The smallest absolute Gasteiger partial charge is 0.271 e. The Morgan fingerprint density at radius 3 is 2.52 bits per heavy atom. The number of hydrogen-bond donors (Lipinski definition) is 2. The van der Waals surface area contributed by atoms with Crippen molar-refractivity contribution in [3.63, 3.8) is 0 Å². The maximum Gasteiger partial charge on any atom is 0.271 e. The van der Waals surface area contributed by atoms with E-state index in [1.807, 2.05) is 6.07 Å². The van der Waals surface area contributed by atoms with Gasteiger partial charge < -0.3 is 10.3 Å². The van der Waals surface area contributed by atoms with Gasteiger partial charge in [-0.2, -0.15) is 0 Å². The second-order valence-electron chi connectivity index (χ2n) is 10.2. The fourth-order valence-corrected chi connectivity index (χ4v) is 6.95. The van der Waals surface area contributed by atoms with Crippen molar-refractivity contribution in [2.75, 3.05) is 5.32 Å². The van der Waals surface area contributed by atoms with E-state index in [9.17, 15) is 28.9 Å². The van der Waals surface area contributed by atoms with Gasteiger partial charge in [0.25, 0.3) is 22.7 Å². The average Bonchev–Trinajstić information content (AvgIpc) is 3.31. The number of fused-ring (bicyclic) bond motifs is 1. The fraction of sp³-hybridized carbons (Fsp3) is 0.0938. The second-order valence-corrected chi connectivity index (χ2v) is 12.3. The quantitative estimate of drug-likeness (QED) is 0.149. The number of non-ortho nitro benzene ring substituents is 1. The second kappa shape index (κ2) is 12.5. The van der Waals surface area contributed by atoms with E-state index in [4.69, 9.17) is 0 Å². The van der Waals surface area contributed by atoms with Gasteiger partial charge in [0, 0.05) is 34.5 Å². The Balaban J connectivity index is 1.51. The summed E-state index contributed by atoms with van der Waals surface area (Å²) in [6.07, 6.45) is 1.51. The highest BCUT2D eigenvalue weighted by Crippen LogP contribution is 2.32. The van der Waals surface area contributed by atoms with E-state index in [-0.39, 0.29) is 26.5 Å². The molecule has 1 aliphatic rings. The Labute approximate surface area is 267 Å². The molecule has 230 valence electrons. The Morgan fingerprint density at radius 2 is 1.83 bits per heavy atom. The van der Waals surface area contributed by atoms with Gasteiger partial charge in [-0.15, -0.1) is 0 Å². The molecular weight excluding hydrogens is 632 g/mol. The molecule has 6 rings (SSSR count). The molecule has 14 heteroatoms. The summed E-state index contributed by atoms with van der Waals surface area (Å²) >= 11 is 2.13. The number of carbonyl (C=O) groups is 1. The number of nitrogens with zero attached hydrogens (tertiary/aromatic N) is 4. The summed E-state index contributed by atoms with van der Waals surface area (Å²) in [7, 11) is 0. The van der Waals surface area contributed by atoms with Crippen LogP contribution < -0.4 is 25.8 Å². The van der Waals surface area contributed by atoms with Gasteiger partial charge in [0.2, 0.25) is 0 Å². The van der Waals surface area contributed by atoms with Gasteiger partial charge in [0.15, 0.2) is 9.96 Å². The van der Waals surface area contributed by atoms with Gasteiger partial charge >= 0.3 is 0 Å². The van der Waals surface area contributed by atoms with Gasteiger partial charge in [-0.1, -0.05) is 53.4 Å². The third kappa shape index (κ3) is 6.20. The summed E-state index contributed by atoms with van der Waals surface area (Å²) in [4.78, 5) is 63.3. The van der Waals surface area contributed by atoms with E-state index in [0.717, 1.165) is 23.1 Å². The van der Waals surface area contributed by atoms with Gasteiger partial charge in [0.1, 0.15) is 5.82 Å². The zero-order valence-electron chi connectivity index (χ0n) is 24.2. The van der Waals surface area contributed by atoms with Gasteiger partial charge in [-0.25, -0.2) is 14.4 Å². The highest BCUT2D eigenvalue weighted by molar-refractivity contribution is 7.99. The predicted octanol–water partition coefficient (Wildman–Crippen LogP) is 4.46. The van der Waals surface area contributed by atoms with Crippen LogP contribution in [0.1, 0.15) is 29.8 Å². The molecule has 2 aromatic heterocycles. The number of carbonyl (C=O) groups excluding carboxylic acids is 1. The van der Waals surface area contributed by atoms with Crippen molar-refractivity contribution in [3.05, 3.63) is 153 Å². The minimum Gasteiger partial charge on any atom is -0.322 e. The number of thiazole rings is 1. The zero-order valence-corrected chi connectivity index (χ0v) is 25.8. The maximum absolute atomic E-state index is 14.1. The zero-order chi connectivity index (χ0) is 32.5. The average molecular weight is 655 g/mol. The molecule has 0 aliphatic carbocycles. The summed E-state index contributed by atoms with van der Waals surface area (Å²) in [5, 5.41) is 14.8. The van der Waals surface area contributed by atoms with Gasteiger partial charge in [0.05, 0.1) is 26.8 Å². The number of aromatic amines is 1. The number of aryl methyl sites for hydroxylation is 1. The molecule has 1 atom stereocenters. The first-order chi connectivity index (χ1) is 22.1. The number of allylic oxidation sites excluding steroid dienone is 1. The number of nitrogens with one attached hydrogen (secondary N) is 2. The molecule has 0 saturated heterocycles. The molecule has 11 nitrogen and oxygen atoms in total. The Kier molecular flexibility index (Phi) is 8.30. The van der Waals surface area contributed by atoms with E-state index in [2.05, 4.69) is 20.3 Å². The molecule has 0 unspecified atom stereocenters. The standard InChI is InChI=1S/C32H23FN6O5S2/c1-17-14-26(40)37-31(34-17)45-24-13-12-23(39(43)44)15-20(24)16-25-30(42)38-28(19-8-10-21(33)11-9-19)27(18(2)35-32(38)46-25)29(41)36-22-6-4-3-5-7-22/h3-16,28H,1-2H3,(H,36,41)(H,34,37,40)/b25-16+/t28-/m0/s1. The van der Waals surface area contributed by atoms with Crippen molar-refractivity contribution < 1.29 is 14.1 Å². The minimum absolute atomic E-state index is 0.191. The van der Waals surface area contributed by atoms with E-state index < -0.39 is 28.2 Å². The van der Waals surface area contributed by atoms with Crippen LogP contribution in [0.15, 0.2) is 115 Å². The van der Waals surface area contributed by atoms with Crippen molar-refractivity contribution in [1.29, 1.82) is 0 Å². The number of benzene rings is 3. The highest BCUT2D eigenvalue weighted by atomic mass is 32.2. The lowest BCUT2D eigenvalue weighted by atomic mass is 9.95. The number of aromatic nitrogens is 3. The van der Waals surface area contributed by atoms with Crippen molar-refractivity contribution >= 4 is 46.5 Å². The van der Waals surface area contributed by atoms with E-state index in [1.54, 1.807) is 38.1 Å². The number of rotatable bonds is 7. The number of para-hydroxylation sites is 1. The van der Waals surface area contributed by atoms with Crippen molar-refractivity contribution in [2.45, 2.75) is 29.9 Å². The molecule has 0 saturated carbocycles. The van der Waals surface area contributed by atoms with Crippen LogP contribution in [0.2, 0.25) is 0 Å². The number of anilines is 1.